The van der Waals surface area contributed by atoms with Crippen molar-refractivity contribution in [2.75, 3.05) is 11.9 Å². The first-order valence-electron chi connectivity index (χ1n) is 7.01. The average molecular weight is 449 g/mol. The Balaban J connectivity index is 2.05. The minimum absolute atomic E-state index is 0.0806. The molecule has 0 fully saturated rings. The van der Waals surface area contributed by atoms with Gasteiger partial charge in [-0.1, -0.05) is 6.07 Å². The molecule has 0 N–H and O–H groups in total. The van der Waals surface area contributed by atoms with Crippen LogP contribution in [0.4, 0.5) is 18.9 Å². The van der Waals surface area contributed by atoms with E-state index in [9.17, 15) is 18.0 Å². The van der Waals surface area contributed by atoms with Gasteiger partial charge in [-0.25, -0.2) is 0 Å². The zero-order chi connectivity index (χ0) is 17.9. The topological polar surface area (TPSA) is 29.5 Å². The van der Waals surface area contributed by atoms with Gasteiger partial charge in [0.05, 0.1) is 5.56 Å². The minimum Gasteiger partial charge on any atom is -0.489 e. The molecule has 24 heavy (non-hydrogen) atoms. The highest BCUT2D eigenvalue weighted by Crippen LogP contribution is 2.31. The summed E-state index contributed by atoms with van der Waals surface area (Å²) < 4.78 is 44.0. The number of ether oxygens (including phenoxy) is 1. The molecule has 0 aliphatic heterocycles. The van der Waals surface area contributed by atoms with Gasteiger partial charge in [0.25, 0.3) is 0 Å². The van der Waals surface area contributed by atoms with Crippen LogP contribution in [0.15, 0.2) is 42.5 Å². The number of hydrogen-bond donors (Lipinski definition) is 0. The van der Waals surface area contributed by atoms with Gasteiger partial charge in [-0.3, -0.25) is 4.79 Å². The van der Waals surface area contributed by atoms with Crippen LogP contribution in [-0.2, 0) is 17.6 Å². The highest BCUT2D eigenvalue weighted by Gasteiger charge is 2.30. The fourth-order valence-corrected chi connectivity index (χ4v) is 2.62. The summed E-state index contributed by atoms with van der Waals surface area (Å²) in [6.07, 6.45) is -4.35. The van der Waals surface area contributed by atoms with E-state index in [2.05, 4.69) is 0 Å². The second-order valence-corrected chi connectivity index (χ2v) is 6.33. The van der Waals surface area contributed by atoms with E-state index in [1.165, 1.54) is 17.9 Å². The summed E-state index contributed by atoms with van der Waals surface area (Å²) >= 11 is 1.87. The third-order valence-electron chi connectivity index (χ3n) is 3.47. The van der Waals surface area contributed by atoms with Gasteiger partial charge in [0.1, 0.15) is 12.4 Å². The highest BCUT2D eigenvalue weighted by molar-refractivity contribution is 14.1. The molecule has 2 aromatic carbocycles. The van der Waals surface area contributed by atoms with Crippen LogP contribution in [0.3, 0.4) is 0 Å². The van der Waals surface area contributed by atoms with Crippen LogP contribution in [-0.4, -0.2) is 13.0 Å². The molecule has 0 aliphatic carbocycles. The van der Waals surface area contributed by atoms with Crippen molar-refractivity contribution < 1.29 is 22.7 Å². The first-order valence-corrected chi connectivity index (χ1v) is 8.09. The lowest BCUT2D eigenvalue weighted by Crippen LogP contribution is -2.22. The number of halogens is 4. The van der Waals surface area contributed by atoms with Gasteiger partial charge >= 0.3 is 6.18 Å². The highest BCUT2D eigenvalue weighted by atomic mass is 127. The fraction of sp³-hybridized carbons (Fsp3) is 0.235. The molecule has 0 aliphatic rings. The van der Waals surface area contributed by atoms with Gasteiger partial charge in [0.15, 0.2) is 0 Å². The van der Waals surface area contributed by atoms with E-state index in [1.54, 1.807) is 31.3 Å². The average Bonchev–Trinajstić information content (AvgIpc) is 2.52. The molecular weight excluding hydrogens is 434 g/mol. The Morgan fingerprint density at radius 3 is 2.29 bits per heavy atom. The molecule has 0 heterocycles. The Labute approximate surface area is 151 Å². The van der Waals surface area contributed by atoms with Crippen LogP contribution in [0, 0.1) is 3.57 Å². The lowest BCUT2D eigenvalue weighted by Gasteiger charge is -2.15. The molecule has 0 spiro atoms. The van der Waals surface area contributed by atoms with Crippen LogP contribution in [0.5, 0.6) is 5.75 Å². The summed E-state index contributed by atoms with van der Waals surface area (Å²) in [5, 5.41) is 0. The van der Waals surface area contributed by atoms with Crippen LogP contribution < -0.4 is 9.64 Å². The maximum absolute atomic E-state index is 12.6. The number of nitrogens with zero attached hydrogens (tertiary/aromatic N) is 1. The van der Waals surface area contributed by atoms with E-state index in [0.29, 0.717) is 14.9 Å². The number of carbonyl (C=O) groups is 1. The summed E-state index contributed by atoms with van der Waals surface area (Å²) in [5.74, 6) is 0.495. The van der Waals surface area contributed by atoms with E-state index in [4.69, 9.17) is 4.74 Å². The van der Waals surface area contributed by atoms with Gasteiger partial charge in [-0.15, -0.1) is 0 Å². The number of anilines is 1. The van der Waals surface area contributed by atoms with Gasteiger partial charge in [-0.2, -0.15) is 13.2 Å². The maximum Gasteiger partial charge on any atom is 0.416 e. The predicted octanol–water partition coefficient (Wildman–Crippen LogP) is 4.87. The van der Waals surface area contributed by atoms with Gasteiger partial charge < -0.3 is 9.64 Å². The lowest BCUT2D eigenvalue weighted by molar-refractivity contribution is -0.137. The van der Waals surface area contributed by atoms with E-state index >= 15 is 0 Å². The maximum atomic E-state index is 12.6. The second-order valence-electron chi connectivity index (χ2n) is 5.16. The summed E-state index contributed by atoms with van der Waals surface area (Å²) in [5.41, 5.74) is 0.736. The molecule has 0 radical (unpaired) electrons. The zero-order valence-electron chi connectivity index (χ0n) is 13.0. The van der Waals surface area contributed by atoms with Crippen molar-refractivity contribution in [1.29, 1.82) is 0 Å². The van der Waals surface area contributed by atoms with Crippen molar-refractivity contribution in [3.05, 3.63) is 57.2 Å². The van der Waals surface area contributed by atoms with Crippen LogP contribution in [0.2, 0.25) is 0 Å². The molecule has 0 aromatic heterocycles. The van der Waals surface area contributed by atoms with E-state index in [0.717, 1.165) is 17.8 Å². The van der Waals surface area contributed by atoms with E-state index in [1.807, 2.05) is 22.6 Å². The minimum atomic E-state index is -4.35. The molecule has 128 valence electrons. The molecule has 0 unspecified atom stereocenters. The Kier molecular flexibility index (Phi) is 5.74. The summed E-state index contributed by atoms with van der Waals surface area (Å²) in [6, 6.07) is 10.5. The molecule has 3 nitrogen and oxygen atoms in total. The normalized spacial score (nSPS) is 11.2. The number of hydrogen-bond acceptors (Lipinski definition) is 2. The van der Waals surface area contributed by atoms with Crippen LogP contribution >= 0.6 is 22.6 Å². The van der Waals surface area contributed by atoms with Crippen molar-refractivity contribution >= 4 is 34.2 Å². The molecule has 2 aromatic rings. The molecule has 2 rings (SSSR count). The molecule has 0 bridgehead atoms. The van der Waals surface area contributed by atoms with E-state index in [-0.39, 0.29) is 12.5 Å². The first kappa shape index (κ1) is 18.6. The largest absolute Gasteiger partial charge is 0.489 e. The standard InChI is InChI=1S/C17H15F3INO2/c1-11(23)22(2)14-5-7-15(8-6-14)24-10-12-3-4-13(9-16(12)21)17(18,19)20/h3-9H,10H2,1-2H3. The fourth-order valence-electron chi connectivity index (χ4n) is 1.95. The van der Waals surface area contributed by atoms with Crippen LogP contribution in [0.25, 0.3) is 0 Å². The Bertz CT molecular complexity index is 730. The van der Waals surface area contributed by atoms with Gasteiger partial charge in [0.2, 0.25) is 5.91 Å². The third kappa shape index (κ3) is 4.62. The molecule has 1 amide bonds. The molecule has 0 atom stereocenters. The molecule has 7 heteroatoms. The number of amides is 1. The molecule has 0 saturated heterocycles. The molecular formula is C17H15F3INO2. The monoisotopic (exact) mass is 449 g/mol. The first-order chi connectivity index (χ1) is 11.2. The lowest BCUT2D eigenvalue weighted by atomic mass is 10.1. The SMILES string of the molecule is CC(=O)N(C)c1ccc(OCc2ccc(C(F)(F)F)cc2I)cc1. The van der Waals surface area contributed by atoms with Crippen molar-refractivity contribution in [1.82, 2.24) is 0 Å². The Morgan fingerprint density at radius 2 is 1.79 bits per heavy atom. The van der Waals surface area contributed by atoms with E-state index < -0.39 is 11.7 Å². The summed E-state index contributed by atoms with van der Waals surface area (Å²) in [7, 11) is 1.67. The number of alkyl halides is 3. The smallest absolute Gasteiger partial charge is 0.416 e. The number of benzene rings is 2. The third-order valence-corrected chi connectivity index (χ3v) is 4.48. The van der Waals surface area contributed by atoms with Crippen molar-refractivity contribution in [2.45, 2.75) is 19.7 Å². The van der Waals surface area contributed by atoms with Crippen molar-refractivity contribution in [3.8, 4) is 5.75 Å². The van der Waals surface area contributed by atoms with Crippen LogP contribution in [0.1, 0.15) is 18.1 Å². The molecule has 0 saturated carbocycles. The number of rotatable bonds is 4. The quantitative estimate of drug-likeness (QED) is 0.624. The van der Waals surface area contributed by atoms with Crippen molar-refractivity contribution in [3.63, 3.8) is 0 Å². The summed E-state index contributed by atoms with van der Waals surface area (Å²) in [6.45, 7) is 1.63. The Morgan fingerprint density at radius 1 is 1.17 bits per heavy atom. The Hall–Kier alpha value is -1.77. The van der Waals surface area contributed by atoms with Gasteiger partial charge in [-0.05, 0) is 59.0 Å². The van der Waals surface area contributed by atoms with Crippen molar-refractivity contribution in [2.24, 2.45) is 0 Å². The second kappa shape index (κ2) is 7.42. The predicted molar refractivity (Wildman–Crippen MR) is 94.0 cm³/mol. The summed E-state index contributed by atoms with van der Waals surface area (Å²) in [4.78, 5) is 12.8. The zero-order valence-corrected chi connectivity index (χ0v) is 15.2. The number of carbonyl (C=O) groups excluding carboxylic acids is 1. The van der Waals surface area contributed by atoms with Gasteiger partial charge in [0, 0.05) is 28.8 Å².